The zero-order valence-electron chi connectivity index (χ0n) is 16.2. The summed E-state index contributed by atoms with van der Waals surface area (Å²) in [6, 6.07) is 8.22. The smallest absolute Gasteiger partial charge is 0.394 e. The Morgan fingerprint density at radius 2 is 1.90 bits per heavy atom. The largest absolute Gasteiger partial charge is 0.433 e. The van der Waals surface area contributed by atoms with Crippen LogP contribution in [0.2, 0.25) is 0 Å². The lowest BCUT2D eigenvalue weighted by molar-refractivity contribution is -0.141. The van der Waals surface area contributed by atoms with Gasteiger partial charge in [-0.2, -0.15) is 13.2 Å². The molecule has 1 atom stereocenters. The lowest BCUT2D eigenvalue weighted by Gasteiger charge is -2.14. The Morgan fingerprint density at radius 1 is 1.10 bits per heavy atom. The highest BCUT2D eigenvalue weighted by Gasteiger charge is 2.32. The van der Waals surface area contributed by atoms with Gasteiger partial charge in [-0.15, -0.1) is 0 Å². The maximum atomic E-state index is 13.1. The first-order valence-corrected chi connectivity index (χ1v) is 9.27. The van der Waals surface area contributed by atoms with Gasteiger partial charge in [0.05, 0.1) is 35.8 Å². The molecule has 158 valence electrons. The molecule has 7 nitrogen and oxygen atoms in total. The molecule has 0 spiro atoms. The van der Waals surface area contributed by atoms with Crippen molar-refractivity contribution in [2.45, 2.75) is 19.1 Å². The Bertz CT molecular complexity index is 1290. The van der Waals surface area contributed by atoms with Gasteiger partial charge in [0, 0.05) is 18.0 Å². The molecule has 4 aromatic rings. The molecule has 4 heterocycles. The van der Waals surface area contributed by atoms with Gasteiger partial charge in [0.15, 0.2) is 0 Å². The molecule has 0 radical (unpaired) electrons. The Hall–Kier alpha value is -3.66. The number of rotatable bonds is 4. The third-order valence-corrected chi connectivity index (χ3v) is 4.77. The highest BCUT2D eigenvalue weighted by atomic mass is 19.4. The number of aliphatic hydroxyl groups is 1. The summed E-state index contributed by atoms with van der Waals surface area (Å²) < 4.78 is 39.9. The number of alkyl halides is 3. The fourth-order valence-electron chi connectivity index (χ4n) is 3.09. The molecule has 0 unspecified atom stereocenters. The number of aromatic nitrogens is 5. The minimum Gasteiger partial charge on any atom is -0.394 e. The van der Waals surface area contributed by atoms with Crippen molar-refractivity contribution in [2.24, 2.45) is 0 Å². The summed E-state index contributed by atoms with van der Waals surface area (Å²) in [6.07, 6.45) is -0.611. The first-order chi connectivity index (χ1) is 14.8. The first-order valence-electron chi connectivity index (χ1n) is 9.27. The van der Waals surface area contributed by atoms with E-state index in [0.29, 0.717) is 22.5 Å². The van der Waals surface area contributed by atoms with Crippen LogP contribution in [0.5, 0.6) is 0 Å². The molecule has 0 saturated carbocycles. The minimum absolute atomic E-state index is 0.202. The molecular weight excluding hydrogens is 411 g/mol. The standard InChI is InChI=1S/C21H16F3N5O2/c1-12(10-30)29-11-27-18-14(20(29)31)8-16(28-19(18)15-4-2-3-7-25-15)13-5-6-17(26-9-13)21(22,23)24/h2-9,11-12,30H,10H2,1H3/t12-/m0/s1. The van der Waals surface area contributed by atoms with Crippen molar-refractivity contribution in [1.29, 1.82) is 0 Å². The van der Waals surface area contributed by atoms with Crippen molar-refractivity contribution in [3.8, 4) is 22.6 Å². The van der Waals surface area contributed by atoms with Crippen LogP contribution in [0.4, 0.5) is 13.2 Å². The van der Waals surface area contributed by atoms with E-state index in [1.807, 2.05) is 0 Å². The second-order valence-electron chi connectivity index (χ2n) is 6.89. The number of halogens is 3. The third-order valence-electron chi connectivity index (χ3n) is 4.77. The summed E-state index contributed by atoms with van der Waals surface area (Å²) >= 11 is 0. The van der Waals surface area contributed by atoms with Crippen LogP contribution in [0.15, 0.2) is 59.9 Å². The third kappa shape index (κ3) is 3.89. The fraction of sp³-hybridized carbons (Fsp3) is 0.190. The first kappa shape index (κ1) is 20.6. The average molecular weight is 427 g/mol. The summed E-state index contributed by atoms with van der Waals surface area (Å²) in [5.74, 6) is 0. The quantitative estimate of drug-likeness (QED) is 0.536. The van der Waals surface area contributed by atoms with Crippen LogP contribution in [0.25, 0.3) is 33.5 Å². The summed E-state index contributed by atoms with van der Waals surface area (Å²) in [5, 5.41) is 9.63. The summed E-state index contributed by atoms with van der Waals surface area (Å²) in [4.78, 5) is 29.7. The van der Waals surface area contributed by atoms with Crippen molar-refractivity contribution in [3.63, 3.8) is 0 Å². The average Bonchev–Trinajstić information content (AvgIpc) is 2.78. The van der Waals surface area contributed by atoms with Gasteiger partial charge in [-0.25, -0.2) is 9.97 Å². The Balaban J connectivity index is 1.98. The summed E-state index contributed by atoms with van der Waals surface area (Å²) in [7, 11) is 0. The van der Waals surface area contributed by atoms with Crippen molar-refractivity contribution >= 4 is 10.9 Å². The normalized spacial score (nSPS) is 12.8. The zero-order valence-corrected chi connectivity index (χ0v) is 16.2. The van der Waals surface area contributed by atoms with Gasteiger partial charge in [-0.05, 0) is 37.3 Å². The molecule has 31 heavy (non-hydrogen) atoms. The number of pyridine rings is 3. The number of hydrogen-bond acceptors (Lipinski definition) is 6. The van der Waals surface area contributed by atoms with Crippen LogP contribution in [0, 0.1) is 0 Å². The van der Waals surface area contributed by atoms with E-state index in [9.17, 15) is 23.1 Å². The van der Waals surface area contributed by atoms with Gasteiger partial charge in [0.1, 0.15) is 16.9 Å². The van der Waals surface area contributed by atoms with Crippen LogP contribution >= 0.6 is 0 Å². The molecule has 0 fully saturated rings. The van der Waals surface area contributed by atoms with Gasteiger partial charge < -0.3 is 5.11 Å². The predicted octanol–water partition coefficient (Wildman–Crippen LogP) is 3.49. The molecule has 0 aliphatic rings. The lowest BCUT2D eigenvalue weighted by atomic mass is 10.1. The number of aliphatic hydroxyl groups excluding tert-OH is 1. The molecule has 0 amide bonds. The SMILES string of the molecule is C[C@@H](CO)n1cnc2c(-c3ccccn3)nc(-c3ccc(C(F)(F)F)nc3)cc2c1=O. The van der Waals surface area contributed by atoms with Crippen LogP contribution in [-0.2, 0) is 6.18 Å². The molecule has 0 aliphatic carbocycles. The van der Waals surface area contributed by atoms with Crippen LogP contribution in [-0.4, -0.2) is 36.2 Å². The number of hydrogen-bond donors (Lipinski definition) is 1. The Kier molecular flexibility index (Phi) is 5.24. The molecule has 10 heteroatoms. The van der Waals surface area contributed by atoms with Gasteiger partial charge in [-0.1, -0.05) is 6.07 Å². The van der Waals surface area contributed by atoms with E-state index in [1.54, 1.807) is 31.3 Å². The van der Waals surface area contributed by atoms with Crippen LogP contribution in [0.1, 0.15) is 18.7 Å². The van der Waals surface area contributed by atoms with Crippen molar-refractivity contribution in [2.75, 3.05) is 6.61 Å². The van der Waals surface area contributed by atoms with E-state index in [2.05, 4.69) is 19.9 Å². The van der Waals surface area contributed by atoms with Gasteiger partial charge in [0.25, 0.3) is 5.56 Å². The predicted molar refractivity (Wildman–Crippen MR) is 107 cm³/mol. The van der Waals surface area contributed by atoms with E-state index in [4.69, 9.17) is 0 Å². The van der Waals surface area contributed by atoms with Crippen molar-refractivity contribution < 1.29 is 18.3 Å². The van der Waals surface area contributed by atoms with E-state index in [1.165, 1.54) is 23.0 Å². The van der Waals surface area contributed by atoms with Crippen molar-refractivity contribution in [1.82, 2.24) is 24.5 Å². The van der Waals surface area contributed by atoms with Gasteiger partial charge in [-0.3, -0.25) is 19.3 Å². The summed E-state index contributed by atoms with van der Waals surface area (Å²) in [5.41, 5.74) is 0.187. The van der Waals surface area contributed by atoms with Crippen LogP contribution < -0.4 is 5.56 Å². The van der Waals surface area contributed by atoms with Crippen molar-refractivity contribution in [3.05, 3.63) is 71.2 Å². The minimum atomic E-state index is -4.56. The lowest BCUT2D eigenvalue weighted by Crippen LogP contribution is -2.26. The molecule has 4 aromatic heterocycles. The van der Waals surface area contributed by atoms with E-state index < -0.39 is 23.5 Å². The number of nitrogens with zero attached hydrogens (tertiary/aromatic N) is 5. The molecule has 4 rings (SSSR count). The van der Waals surface area contributed by atoms with Gasteiger partial charge >= 0.3 is 6.18 Å². The van der Waals surface area contributed by atoms with Crippen LogP contribution in [0.3, 0.4) is 0 Å². The molecule has 1 N–H and O–H groups in total. The van der Waals surface area contributed by atoms with E-state index in [0.717, 1.165) is 12.3 Å². The zero-order chi connectivity index (χ0) is 22.2. The summed E-state index contributed by atoms with van der Waals surface area (Å²) in [6.45, 7) is 1.40. The second kappa shape index (κ2) is 7.88. The molecule has 0 saturated heterocycles. The van der Waals surface area contributed by atoms with E-state index in [-0.39, 0.29) is 17.7 Å². The number of fused-ring (bicyclic) bond motifs is 1. The molecule has 0 aliphatic heterocycles. The van der Waals surface area contributed by atoms with E-state index >= 15 is 0 Å². The molecular formula is C21H16F3N5O2. The second-order valence-corrected chi connectivity index (χ2v) is 6.89. The maximum Gasteiger partial charge on any atom is 0.433 e. The maximum absolute atomic E-state index is 13.1. The molecule has 0 aromatic carbocycles. The highest BCUT2D eigenvalue weighted by Crippen LogP contribution is 2.31. The topological polar surface area (TPSA) is 93.8 Å². The molecule has 0 bridgehead atoms. The fourth-order valence-corrected chi connectivity index (χ4v) is 3.09. The highest BCUT2D eigenvalue weighted by molar-refractivity contribution is 5.92. The monoisotopic (exact) mass is 427 g/mol. The Morgan fingerprint density at radius 3 is 2.52 bits per heavy atom. The van der Waals surface area contributed by atoms with Gasteiger partial charge in [0.2, 0.25) is 0 Å². The Labute approximate surface area is 173 Å².